The Kier molecular flexibility index (Phi) is 3.49. The van der Waals surface area contributed by atoms with Crippen LogP contribution in [0.5, 0.6) is 0 Å². The molecule has 0 radical (unpaired) electrons. The van der Waals surface area contributed by atoms with Gasteiger partial charge in [0.2, 0.25) is 0 Å². The summed E-state index contributed by atoms with van der Waals surface area (Å²) in [5.41, 5.74) is 0.625. The number of nitrogens with zero attached hydrogens (tertiary/aromatic N) is 1. The van der Waals surface area contributed by atoms with Crippen molar-refractivity contribution in [3.05, 3.63) is 35.1 Å². The molecule has 0 spiro atoms. The first-order valence-corrected chi connectivity index (χ1v) is 4.64. The van der Waals surface area contributed by atoms with Gasteiger partial charge in [0.05, 0.1) is 10.9 Å². The van der Waals surface area contributed by atoms with Crippen molar-refractivity contribution in [1.82, 2.24) is 0 Å². The molecule has 0 N–H and O–H groups in total. The molecule has 0 bridgehead atoms. The third kappa shape index (κ3) is 2.57. The molecule has 0 unspecified atom stereocenters. The zero-order valence-electron chi connectivity index (χ0n) is 6.64. The van der Waals surface area contributed by atoms with E-state index in [1.807, 2.05) is 0 Å². The van der Waals surface area contributed by atoms with Gasteiger partial charge in [-0.25, -0.2) is 4.39 Å². The van der Waals surface area contributed by atoms with Crippen LogP contribution in [0.25, 0.3) is 0 Å². The number of halogens is 2. The highest BCUT2D eigenvalue weighted by molar-refractivity contribution is 9.09. The molecule has 3 heteroatoms. The maximum absolute atomic E-state index is 13.0. The lowest BCUT2D eigenvalue weighted by Crippen LogP contribution is -1.84. The van der Waals surface area contributed by atoms with E-state index in [-0.39, 0.29) is 5.56 Å². The van der Waals surface area contributed by atoms with Gasteiger partial charge in [-0.1, -0.05) is 27.8 Å². The molecule has 0 saturated heterocycles. The number of benzene rings is 1. The van der Waals surface area contributed by atoms with Crippen molar-refractivity contribution in [2.24, 2.45) is 0 Å². The zero-order valence-corrected chi connectivity index (χ0v) is 8.23. The highest BCUT2D eigenvalue weighted by Crippen LogP contribution is 2.08. The molecule has 0 aliphatic carbocycles. The molecule has 0 atom stereocenters. The summed E-state index contributed by atoms with van der Waals surface area (Å²) in [5, 5.41) is 9.00. The van der Waals surface area contributed by atoms with Gasteiger partial charge < -0.3 is 0 Å². The van der Waals surface area contributed by atoms with Crippen molar-refractivity contribution in [2.45, 2.75) is 0 Å². The molecule has 1 aromatic rings. The molecule has 64 valence electrons. The van der Waals surface area contributed by atoms with Crippen LogP contribution in [0.15, 0.2) is 18.2 Å². The smallest absolute Gasteiger partial charge is 0.142 e. The van der Waals surface area contributed by atoms with Crippen molar-refractivity contribution >= 4 is 15.9 Å². The fourth-order valence-corrected chi connectivity index (χ4v) is 0.959. The van der Waals surface area contributed by atoms with E-state index in [1.165, 1.54) is 12.1 Å². The second-order valence-electron chi connectivity index (χ2n) is 2.24. The lowest BCUT2D eigenvalue weighted by Gasteiger charge is -1.93. The largest absolute Gasteiger partial charge is 0.206 e. The fourth-order valence-electron chi connectivity index (χ4n) is 0.819. The molecule has 1 rings (SSSR count). The summed E-state index contributed by atoms with van der Waals surface area (Å²) in [6.07, 6.45) is 0. The number of alkyl halides is 1. The second-order valence-corrected chi connectivity index (χ2v) is 2.80. The number of hydrogen-bond acceptors (Lipinski definition) is 1. The predicted molar refractivity (Wildman–Crippen MR) is 51.8 cm³/mol. The molecule has 0 amide bonds. The van der Waals surface area contributed by atoms with Crippen LogP contribution >= 0.6 is 15.9 Å². The van der Waals surface area contributed by atoms with E-state index in [2.05, 4.69) is 27.8 Å². The van der Waals surface area contributed by atoms with E-state index in [4.69, 9.17) is 5.26 Å². The number of hydrogen-bond donors (Lipinski definition) is 0. The first-order valence-electron chi connectivity index (χ1n) is 3.52. The van der Waals surface area contributed by atoms with Gasteiger partial charge >= 0.3 is 0 Å². The minimum absolute atomic E-state index is 0.0457. The fraction of sp³-hybridized carbons (Fsp3) is 0.100. The highest BCUT2D eigenvalue weighted by atomic mass is 79.9. The normalized spacial score (nSPS) is 8.38. The van der Waals surface area contributed by atoms with E-state index in [1.54, 1.807) is 12.1 Å². The minimum atomic E-state index is -0.524. The van der Waals surface area contributed by atoms with Gasteiger partial charge in [0.1, 0.15) is 11.9 Å². The molecule has 0 fully saturated rings. The Balaban J connectivity index is 3.04. The first kappa shape index (κ1) is 9.77. The van der Waals surface area contributed by atoms with Crippen LogP contribution in [0.2, 0.25) is 0 Å². The molecule has 0 saturated carbocycles. The Morgan fingerprint density at radius 2 is 2.23 bits per heavy atom. The Labute approximate surface area is 84.3 Å². The van der Waals surface area contributed by atoms with Crippen molar-refractivity contribution in [1.29, 1.82) is 5.26 Å². The summed E-state index contributed by atoms with van der Waals surface area (Å²) in [7, 11) is 0. The quantitative estimate of drug-likeness (QED) is 0.503. The Morgan fingerprint density at radius 1 is 1.46 bits per heavy atom. The van der Waals surface area contributed by atoms with Gasteiger partial charge in [-0.2, -0.15) is 5.26 Å². The zero-order chi connectivity index (χ0) is 9.68. The summed E-state index contributed by atoms with van der Waals surface area (Å²) < 4.78 is 13.0. The maximum atomic E-state index is 13.0. The molecule has 0 aliphatic heterocycles. The highest BCUT2D eigenvalue weighted by Gasteiger charge is 1.99. The van der Waals surface area contributed by atoms with Gasteiger partial charge in [0, 0.05) is 5.56 Å². The van der Waals surface area contributed by atoms with Crippen LogP contribution in [-0.4, -0.2) is 5.33 Å². The van der Waals surface area contributed by atoms with Crippen molar-refractivity contribution in [3.8, 4) is 17.9 Å². The number of nitriles is 1. The summed E-state index contributed by atoms with van der Waals surface area (Å²) in [5.74, 6) is 4.96. The average molecular weight is 238 g/mol. The van der Waals surface area contributed by atoms with E-state index < -0.39 is 5.82 Å². The van der Waals surface area contributed by atoms with Crippen LogP contribution in [0.4, 0.5) is 4.39 Å². The molecular weight excluding hydrogens is 233 g/mol. The molecular formula is C10H5BrFN. The number of rotatable bonds is 0. The van der Waals surface area contributed by atoms with Crippen molar-refractivity contribution < 1.29 is 4.39 Å². The van der Waals surface area contributed by atoms with Crippen LogP contribution in [0.3, 0.4) is 0 Å². The average Bonchev–Trinajstić information content (AvgIpc) is 2.15. The lowest BCUT2D eigenvalue weighted by molar-refractivity contribution is 0.623. The summed E-state index contributed by atoms with van der Waals surface area (Å²) >= 11 is 3.13. The SMILES string of the molecule is N#Cc1ccc(C#CCBr)cc1F. The van der Waals surface area contributed by atoms with Crippen molar-refractivity contribution in [2.75, 3.05) is 5.33 Å². The molecule has 1 nitrogen and oxygen atoms in total. The van der Waals surface area contributed by atoms with Crippen LogP contribution < -0.4 is 0 Å². The van der Waals surface area contributed by atoms with Crippen LogP contribution in [0, 0.1) is 29.0 Å². The molecule has 0 heterocycles. The van der Waals surface area contributed by atoms with Crippen LogP contribution in [0.1, 0.15) is 11.1 Å². The van der Waals surface area contributed by atoms with E-state index in [0.29, 0.717) is 10.9 Å². The summed E-state index contributed by atoms with van der Waals surface area (Å²) in [6, 6.07) is 6.05. The van der Waals surface area contributed by atoms with Crippen molar-refractivity contribution in [3.63, 3.8) is 0 Å². The standard InChI is InChI=1S/C10H5BrFN/c11-5-1-2-8-3-4-9(7-13)10(12)6-8/h3-4,6H,5H2. The minimum Gasteiger partial charge on any atom is -0.206 e. The second kappa shape index (κ2) is 4.64. The van der Waals surface area contributed by atoms with E-state index in [9.17, 15) is 4.39 Å². The monoisotopic (exact) mass is 237 g/mol. The molecule has 1 aromatic carbocycles. The van der Waals surface area contributed by atoms with Gasteiger partial charge in [0.15, 0.2) is 0 Å². The van der Waals surface area contributed by atoms with Gasteiger partial charge in [-0.15, -0.1) is 0 Å². The Morgan fingerprint density at radius 3 is 2.77 bits per heavy atom. The summed E-state index contributed by atoms with van der Waals surface area (Å²) in [4.78, 5) is 0. The van der Waals surface area contributed by atoms with E-state index >= 15 is 0 Å². The van der Waals surface area contributed by atoms with E-state index in [0.717, 1.165) is 0 Å². The molecule has 0 aromatic heterocycles. The summed E-state index contributed by atoms with van der Waals surface area (Å²) in [6.45, 7) is 0. The topological polar surface area (TPSA) is 23.8 Å². The first-order chi connectivity index (χ1) is 6.27. The van der Waals surface area contributed by atoms with Gasteiger partial charge in [-0.3, -0.25) is 0 Å². The molecule has 13 heavy (non-hydrogen) atoms. The Hall–Kier alpha value is -1.32. The third-order valence-corrected chi connectivity index (χ3v) is 1.67. The predicted octanol–water partition coefficient (Wildman–Crippen LogP) is 2.44. The maximum Gasteiger partial charge on any atom is 0.142 e. The van der Waals surface area contributed by atoms with Crippen LogP contribution in [-0.2, 0) is 0 Å². The Bertz CT molecular complexity index is 409. The van der Waals surface area contributed by atoms with Gasteiger partial charge in [0.25, 0.3) is 0 Å². The van der Waals surface area contributed by atoms with Gasteiger partial charge in [-0.05, 0) is 18.2 Å². The lowest BCUT2D eigenvalue weighted by atomic mass is 10.1. The third-order valence-electron chi connectivity index (χ3n) is 1.39. The molecule has 0 aliphatic rings.